The fourth-order valence-corrected chi connectivity index (χ4v) is 2.87. The fraction of sp³-hybridized carbons (Fsp3) is 0.200. The van der Waals surface area contributed by atoms with E-state index in [0.717, 1.165) is 22.6 Å². The number of nitrogens with zero attached hydrogens (tertiary/aromatic N) is 2. The Balaban J connectivity index is 2.47. The first-order valence-electron chi connectivity index (χ1n) is 4.51. The second-order valence-corrected chi connectivity index (χ2v) is 4.38. The molecule has 14 heavy (non-hydrogen) atoms. The van der Waals surface area contributed by atoms with Crippen molar-refractivity contribution in [3.63, 3.8) is 0 Å². The molecule has 3 rings (SSSR count). The van der Waals surface area contributed by atoms with Gasteiger partial charge in [-0.25, -0.2) is 4.98 Å². The van der Waals surface area contributed by atoms with Crippen molar-refractivity contribution in [3.05, 3.63) is 24.0 Å². The SMILES string of the molecule is Nc1nc2c(c3ccncc13)CCS2. The molecule has 0 aliphatic carbocycles. The zero-order chi connectivity index (χ0) is 9.54. The van der Waals surface area contributed by atoms with Gasteiger partial charge in [-0.2, -0.15) is 0 Å². The van der Waals surface area contributed by atoms with Crippen LogP contribution < -0.4 is 5.73 Å². The summed E-state index contributed by atoms with van der Waals surface area (Å²) in [6.45, 7) is 0. The minimum atomic E-state index is 0.598. The minimum Gasteiger partial charge on any atom is -0.383 e. The lowest BCUT2D eigenvalue weighted by atomic mass is 10.1. The molecule has 0 saturated carbocycles. The monoisotopic (exact) mass is 203 g/mol. The number of hydrogen-bond donors (Lipinski definition) is 1. The molecule has 4 heteroatoms. The highest BCUT2D eigenvalue weighted by Crippen LogP contribution is 2.36. The van der Waals surface area contributed by atoms with Gasteiger partial charge in [0.05, 0.1) is 0 Å². The lowest BCUT2D eigenvalue weighted by Crippen LogP contribution is -1.96. The molecule has 0 unspecified atom stereocenters. The van der Waals surface area contributed by atoms with Crippen LogP contribution in [-0.2, 0) is 6.42 Å². The van der Waals surface area contributed by atoms with Crippen molar-refractivity contribution in [1.29, 1.82) is 0 Å². The molecule has 2 N–H and O–H groups in total. The van der Waals surface area contributed by atoms with E-state index in [1.807, 2.05) is 12.3 Å². The van der Waals surface area contributed by atoms with Crippen LogP contribution in [0.5, 0.6) is 0 Å². The third-order valence-electron chi connectivity index (χ3n) is 2.49. The molecule has 0 radical (unpaired) electrons. The summed E-state index contributed by atoms with van der Waals surface area (Å²) >= 11 is 1.79. The molecule has 0 atom stereocenters. The quantitative estimate of drug-likeness (QED) is 0.710. The van der Waals surface area contributed by atoms with E-state index in [9.17, 15) is 0 Å². The van der Waals surface area contributed by atoms with Gasteiger partial charge in [-0.15, -0.1) is 11.8 Å². The zero-order valence-electron chi connectivity index (χ0n) is 7.53. The molecule has 0 aromatic carbocycles. The fourth-order valence-electron chi connectivity index (χ4n) is 1.82. The molecule has 0 amide bonds. The summed E-state index contributed by atoms with van der Waals surface area (Å²) in [6, 6.07) is 2.03. The summed E-state index contributed by atoms with van der Waals surface area (Å²) in [6.07, 6.45) is 4.69. The van der Waals surface area contributed by atoms with Gasteiger partial charge < -0.3 is 5.73 Å². The van der Waals surface area contributed by atoms with Gasteiger partial charge in [0.2, 0.25) is 0 Å². The van der Waals surface area contributed by atoms with Crippen LogP contribution in [0, 0.1) is 0 Å². The maximum Gasteiger partial charge on any atom is 0.134 e. The van der Waals surface area contributed by atoms with Crippen molar-refractivity contribution in [2.45, 2.75) is 11.4 Å². The van der Waals surface area contributed by atoms with Crippen LogP contribution in [0.3, 0.4) is 0 Å². The number of hydrogen-bond acceptors (Lipinski definition) is 4. The van der Waals surface area contributed by atoms with Crippen LogP contribution in [0.4, 0.5) is 5.82 Å². The second-order valence-electron chi connectivity index (χ2n) is 3.30. The molecule has 0 saturated heterocycles. The van der Waals surface area contributed by atoms with E-state index in [1.165, 1.54) is 10.9 Å². The number of nitrogens with two attached hydrogens (primary N) is 1. The topological polar surface area (TPSA) is 51.8 Å². The number of thioether (sulfide) groups is 1. The standard InChI is InChI=1S/C10H9N3S/c11-9-8-5-12-3-1-6(8)7-2-4-14-10(7)13-9/h1,3,5H,2,4H2,(H2,11,13). The van der Waals surface area contributed by atoms with E-state index < -0.39 is 0 Å². The Labute approximate surface area is 85.7 Å². The van der Waals surface area contributed by atoms with Crippen LogP contribution in [0.25, 0.3) is 10.8 Å². The highest BCUT2D eigenvalue weighted by atomic mass is 32.2. The Kier molecular flexibility index (Phi) is 1.64. The Hall–Kier alpha value is -1.29. The van der Waals surface area contributed by atoms with Gasteiger partial charge in [0, 0.05) is 23.5 Å². The maximum absolute atomic E-state index is 5.86. The van der Waals surface area contributed by atoms with E-state index in [1.54, 1.807) is 18.0 Å². The lowest BCUT2D eigenvalue weighted by molar-refractivity contribution is 1.08. The van der Waals surface area contributed by atoms with Crippen molar-refractivity contribution in [2.24, 2.45) is 0 Å². The summed E-state index contributed by atoms with van der Waals surface area (Å²) < 4.78 is 0. The van der Waals surface area contributed by atoms with E-state index in [-0.39, 0.29) is 0 Å². The average Bonchev–Trinajstić information content (AvgIpc) is 2.66. The van der Waals surface area contributed by atoms with Crippen LogP contribution in [0.1, 0.15) is 5.56 Å². The number of aromatic nitrogens is 2. The Bertz CT molecular complexity index is 510. The normalized spacial score (nSPS) is 14.6. The molecule has 1 aliphatic heterocycles. The number of anilines is 1. The van der Waals surface area contributed by atoms with Gasteiger partial charge in [0.25, 0.3) is 0 Å². The van der Waals surface area contributed by atoms with Crippen molar-refractivity contribution in [3.8, 4) is 0 Å². The molecule has 3 nitrogen and oxygen atoms in total. The summed E-state index contributed by atoms with van der Waals surface area (Å²) in [4.78, 5) is 8.45. The smallest absolute Gasteiger partial charge is 0.134 e. The molecule has 2 aromatic rings. The molecule has 70 valence electrons. The van der Waals surface area contributed by atoms with Crippen LogP contribution in [0.2, 0.25) is 0 Å². The Morgan fingerprint density at radius 3 is 3.21 bits per heavy atom. The highest BCUT2D eigenvalue weighted by Gasteiger charge is 2.17. The Morgan fingerprint density at radius 2 is 2.29 bits per heavy atom. The predicted octanol–water partition coefficient (Wildman–Crippen LogP) is 1.86. The summed E-state index contributed by atoms with van der Waals surface area (Å²) in [5.41, 5.74) is 7.20. The van der Waals surface area contributed by atoms with Crippen LogP contribution in [0.15, 0.2) is 23.5 Å². The number of nitrogen functional groups attached to an aromatic ring is 1. The largest absolute Gasteiger partial charge is 0.383 e. The van der Waals surface area contributed by atoms with E-state index in [0.29, 0.717) is 5.82 Å². The predicted molar refractivity (Wildman–Crippen MR) is 58.4 cm³/mol. The first-order chi connectivity index (χ1) is 6.86. The van der Waals surface area contributed by atoms with E-state index >= 15 is 0 Å². The molecule has 1 aliphatic rings. The van der Waals surface area contributed by atoms with Gasteiger partial charge in [-0.1, -0.05) is 0 Å². The maximum atomic E-state index is 5.86. The summed E-state index contributed by atoms with van der Waals surface area (Å²) in [5.74, 6) is 1.71. The van der Waals surface area contributed by atoms with Crippen molar-refractivity contribution >= 4 is 28.4 Å². The molecular weight excluding hydrogens is 194 g/mol. The Morgan fingerprint density at radius 1 is 1.36 bits per heavy atom. The van der Waals surface area contributed by atoms with Gasteiger partial charge in [-0.05, 0) is 23.4 Å². The number of aryl methyl sites for hydroxylation is 1. The number of pyridine rings is 2. The molecule has 0 spiro atoms. The van der Waals surface area contributed by atoms with Gasteiger partial charge in [-0.3, -0.25) is 4.98 Å². The molecule has 0 bridgehead atoms. The van der Waals surface area contributed by atoms with Crippen molar-refractivity contribution < 1.29 is 0 Å². The summed E-state index contributed by atoms with van der Waals surface area (Å²) in [7, 11) is 0. The third kappa shape index (κ3) is 1.00. The van der Waals surface area contributed by atoms with E-state index in [2.05, 4.69) is 9.97 Å². The highest BCUT2D eigenvalue weighted by molar-refractivity contribution is 7.99. The van der Waals surface area contributed by atoms with E-state index in [4.69, 9.17) is 5.73 Å². The first kappa shape index (κ1) is 8.05. The van der Waals surface area contributed by atoms with Gasteiger partial charge in [0.15, 0.2) is 0 Å². The molecular formula is C10H9N3S. The molecule has 2 aromatic heterocycles. The zero-order valence-corrected chi connectivity index (χ0v) is 8.34. The van der Waals surface area contributed by atoms with Crippen LogP contribution in [-0.4, -0.2) is 15.7 Å². The second kappa shape index (κ2) is 2.85. The van der Waals surface area contributed by atoms with Crippen LogP contribution >= 0.6 is 11.8 Å². The molecule has 3 heterocycles. The lowest BCUT2D eigenvalue weighted by Gasteiger charge is -2.05. The van der Waals surface area contributed by atoms with Gasteiger partial charge >= 0.3 is 0 Å². The van der Waals surface area contributed by atoms with Crippen molar-refractivity contribution in [2.75, 3.05) is 11.5 Å². The average molecular weight is 203 g/mol. The van der Waals surface area contributed by atoms with Gasteiger partial charge in [0.1, 0.15) is 10.8 Å². The minimum absolute atomic E-state index is 0.598. The molecule has 0 fully saturated rings. The third-order valence-corrected chi connectivity index (χ3v) is 3.51. The number of rotatable bonds is 0. The number of fused-ring (bicyclic) bond motifs is 3. The summed E-state index contributed by atoms with van der Waals surface area (Å²) in [5, 5.41) is 3.29. The first-order valence-corrected chi connectivity index (χ1v) is 5.49. The van der Waals surface area contributed by atoms with Crippen molar-refractivity contribution in [1.82, 2.24) is 9.97 Å².